The third-order valence-electron chi connectivity index (χ3n) is 2.10. The molecule has 16 heavy (non-hydrogen) atoms. The Morgan fingerprint density at radius 2 is 2.25 bits per heavy atom. The van der Waals surface area contributed by atoms with Crippen molar-refractivity contribution in [3.63, 3.8) is 0 Å². The van der Waals surface area contributed by atoms with Gasteiger partial charge < -0.3 is 5.32 Å². The van der Waals surface area contributed by atoms with Crippen LogP contribution in [0.25, 0.3) is 0 Å². The van der Waals surface area contributed by atoms with E-state index in [1.807, 2.05) is 6.92 Å². The van der Waals surface area contributed by atoms with Crippen LogP contribution in [0.5, 0.6) is 0 Å². The molecule has 1 N–H and O–H groups in total. The summed E-state index contributed by atoms with van der Waals surface area (Å²) in [5.41, 5.74) is 0.455. The summed E-state index contributed by atoms with van der Waals surface area (Å²) in [7, 11) is 0. The Bertz CT molecular complexity index is 384. The first kappa shape index (κ1) is 13.8. The third-order valence-corrected chi connectivity index (χ3v) is 3.39. The molecule has 0 heterocycles. The van der Waals surface area contributed by atoms with Gasteiger partial charge >= 0.3 is 0 Å². The fourth-order valence-electron chi connectivity index (χ4n) is 1.11. The predicted molar refractivity (Wildman–Crippen MR) is 71.4 cm³/mol. The molecule has 0 fully saturated rings. The zero-order chi connectivity index (χ0) is 12.1. The van der Waals surface area contributed by atoms with Crippen molar-refractivity contribution in [1.29, 1.82) is 0 Å². The summed E-state index contributed by atoms with van der Waals surface area (Å²) in [6.45, 7) is 2.41. The van der Waals surface area contributed by atoms with Crippen LogP contribution in [0.1, 0.15) is 23.7 Å². The SMILES string of the molecule is CCC(Cl)CNC(=O)c1cc(Br)ccc1Cl. The van der Waals surface area contributed by atoms with E-state index in [4.69, 9.17) is 23.2 Å². The topological polar surface area (TPSA) is 29.1 Å². The van der Waals surface area contributed by atoms with E-state index < -0.39 is 0 Å². The molecule has 0 aliphatic rings. The summed E-state index contributed by atoms with van der Waals surface area (Å²) >= 11 is 15.1. The van der Waals surface area contributed by atoms with Gasteiger partial charge in [-0.1, -0.05) is 34.5 Å². The molecule has 0 aliphatic heterocycles. The normalized spacial score (nSPS) is 12.2. The van der Waals surface area contributed by atoms with Gasteiger partial charge in [-0.25, -0.2) is 0 Å². The molecule has 0 bridgehead atoms. The number of hydrogen-bond acceptors (Lipinski definition) is 1. The van der Waals surface area contributed by atoms with Gasteiger partial charge in [0.1, 0.15) is 0 Å². The lowest BCUT2D eigenvalue weighted by Gasteiger charge is -2.09. The molecule has 2 nitrogen and oxygen atoms in total. The lowest BCUT2D eigenvalue weighted by molar-refractivity contribution is 0.0953. The van der Waals surface area contributed by atoms with Crippen LogP contribution in [0, 0.1) is 0 Å². The van der Waals surface area contributed by atoms with Crippen molar-refractivity contribution in [2.45, 2.75) is 18.7 Å². The first-order valence-corrected chi connectivity index (χ1v) is 6.52. The zero-order valence-electron chi connectivity index (χ0n) is 8.77. The first-order chi connectivity index (χ1) is 7.54. The Kier molecular flexibility index (Phi) is 5.59. The van der Waals surface area contributed by atoms with Crippen LogP contribution in [-0.4, -0.2) is 17.8 Å². The quantitative estimate of drug-likeness (QED) is 0.837. The molecular weight excluding hydrogens is 313 g/mol. The fraction of sp³-hybridized carbons (Fsp3) is 0.364. The minimum atomic E-state index is -0.203. The number of alkyl halides is 1. The van der Waals surface area contributed by atoms with Crippen molar-refractivity contribution < 1.29 is 4.79 Å². The number of nitrogens with one attached hydrogen (secondary N) is 1. The van der Waals surface area contributed by atoms with E-state index in [0.29, 0.717) is 17.1 Å². The number of rotatable bonds is 4. The van der Waals surface area contributed by atoms with Crippen LogP contribution >= 0.6 is 39.1 Å². The number of halogens is 3. The van der Waals surface area contributed by atoms with Gasteiger partial charge in [0.2, 0.25) is 0 Å². The van der Waals surface area contributed by atoms with Crippen molar-refractivity contribution in [2.75, 3.05) is 6.54 Å². The molecular formula is C11H12BrCl2NO. The maximum Gasteiger partial charge on any atom is 0.252 e. The molecule has 0 aliphatic carbocycles. The highest BCUT2D eigenvalue weighted by Gasteiger charge is 2.11. The number of hydrogen-bond donors (Lipinski definition) is 1. The van der Waals surface area contributed by atoms with Crippen LogP contribution in [0.2, 0.25) is 5.02 Å². The van der Waals surface area contributed by atoms with Crippen LogP contribution in [0.15, 0.2) is 22.7 Å². The molecule has 0 saturated carbocycles. The summed E-state index contributed by atoms with van der Waals surface area (Å²) in [5, 5.41) is 3.13. The molecule has 1 rings (SSSR count). The van der Waals surface area contributed by atoms with Gasteiger partial charge in [-0.05, 0) is 24.6 Å². The molecule has 1 atom stereocenters. The lowest BCUT2D eigenvalue weighted by atomic mass is 10.2. The second-order valence-corrected chi connectivity index (χ2v) is 5.28. The van der Waals surface area contributed by atoms with Gasteiger partial charge in [0, 0.05) is 11.0 Å². The Morgan fingerprint density at radius 3 is 2.88 bits per heavy atom. The molecule has 0 saturated heterocycles. The van der Waals surface area contributed by atoms with Gasteiger partial charge in [-0.3, -0.25) is 4.79 Å². The van der Waals surface area contributed by atoms with Crippen LogP contribution < -0.4 is 5.32 Å². The average molecular weight is 325 g/mol. The number of carbonyl (C=O) groups excluding carboxylic acids is 1. The first-order valence-electron chi connectivity index (χ1n) is 4.92. The molecule has 0 radical (unpaired) electrons. The summed E-state index contributed by atoms with van der Waals surface area (Å²) in [4.78, 5) is 11.8. The standard InChI is InChI=1S/C11H12BrCl2NO/c1-2-8(13)6-15-11(16)9-5-7(12)3-4-10(9)14/h3-5,8H,2,6H2,1H3,(H,15,16). The van der Waals surface area contributed by atoms with Crippen LogP contribution in [0.4, 0.5) is 0 Å². The highest BCUT2D eigenvalue weighted by molar-refractivity contribution is 9.10. The van der Waals surface area contributed by atoms with Gasteiger partial charge in [-0.2, -0.15) is 0 Å². The average Bonchev–Trinajstić information content (AvgIpc) is 2.28. The van der Waals surface area contributed by atoms with Gasteiger partial charge in [-0.15, -0.1) is 11.6 Å². The molecule has 1 aromatic rings. The number of carbonyl (C=O) groups is 1. The molecule has 88 valence electrons. The van der Waals surface area contributed by atoms with Crippen LogP contribution in [-0.2, 0) is 0 Å². The van der Waals surface area contributed by atoms with Crippen LogP contribution in [0.3, 0.4) is 0 Å². The molecule has 5 heteroatoms. The minimum absolute atomic E-state index is 0.0464. The molecule has 1 amide bonds. The van der Waals surface area contributed by atoms with Gasteiger partial charge in [0.05, 0.1) is 16.0 Å². The van der Waals surface area contributed by atoms with E-state index in [2.05, 4.69) is 21.2 Å². The van der Waals surface area contributed by atoms with Crippen molar-refractivity contribution in [3.8, 4) is 0 Å². The maximum atomic E-state index is 11.8. The van der Waals surface area contributed by atoms with Crippen molar-refractivity contribution in [2.24, 2.45) is 0 Å². The van der Waals surface area contributed by atoms with Crippen molar-refractivity contribution in [3.05, 3.63) is 33.3 Å². The second kappa shape index (κ2) is 6.48. The Labute approximate surface area is 113 Å². The van der Waals surface area contributed by atoms with E-state index in [1.165, 1.54) is 0 Å². The van der Waals surface area contributed by atoms with Crippen molar-refractivity contribution >= 4 is 45.0 Å². The monoisotopic (exact) mass is 323 g/mol. The fourth-order valence-corrected chi connectivity index (χ4v) is 1.76. The Hall–Kier alpha value is -0.250. The highest BCUT2D eigenvalue weighted by atomic mass is 79.9. The zero-order valence-corrected chi connectivity index (χ0v) is 11.9. The van der Waals surface area contributed by atoms with Gasteiger partial charge in [0.15, 0.2) is 0 Å². The van der Waals surface area contributed by atoms with E-state index in [1.54, 1.807) is 18.2 Å². The third kappa shape index (κ3) is 3.96. The largest absolute Gasteiger partial charge is 0.351 e. The number of benzene rings is 1. The molecule has 0 aromatic heterocycles. The predicted octanol–water partition coefficient (Wildman–Crippen LogP) is 3.85. The Balaban J connectivity index is 2.69. The Morgan fingerprint density at radius 1 is 1.56 bits per heavy atom. The maximum absolute atomic E-state index is 11.8. The lowest BCUT2D eigenvalue weighted by Crippen LogP contribution is -2.29. The minimum Gasteiger partial charge on any atom is -0.351 e. The molecule has 0 spiro atoms. The van der Waals surface area contributed by atoms with E-state index in [-0.39, 0.29) is 11.3 Å². The summed E-state index contributed by atoms with van der Waals surface area (Å²) in [5.74, 6) is -0.203. The summed E-state index contributed by atoms with van der Waals surface area (Å²) in [6, 6.07) is 5.15. The van der Waals surface area contributed by atoms with E-state index in [9.17, 15) is 4.79 Å². The van der Waals surface area contributed by atoms with Crippen molar-refractivity contribution in [1.82, 2.24) is 5.32 Å². The highest BCUT2D eigenvalue weighted by Crippen LogP contribution is 2.20. The second-order valence-electron chi connectivity index (χ2n) is 3.34. The number of amides is 1. The van der Waals surface area contributed by atoms with E-state index >= 15 is 0 Å². The summed E-state index contributed by atoms with van der Waals surface area (Å²) in [6.07, 6.45) is 0.814. The van der Waals surface area contributed by atoms with Gasteiger partial charge in [0.25, 0.3) is 5.91 Å². The summed E-state index contributed by atoms with van der Waals surface area (Å²) < 4.78 is 0.819. The molecule has 1 unspecified atom stereocenters. The smallest absolute Gasteiger partial charge is 0.252 e. The van der Waals surface area contributed by atoms with E-state index in [0.717, 1.165) is 10.9 Å². The molecule has 1 aromatic carbocycles.